The third-order valence-electron chi connectivity index (χ3n) is 2.61. The Morgan fingerprint density at radius 1 is 1.44 bits per heavy atom. The third kappa shape index (κ3) is 1.97. The first-order chi connectivity index (χ1) is 7.49. The van der Waals surface area contributed by atoms with Gasteiger partial charge in [-0.15, -0.1) is 11.3 Å². The second kappa shape index (κ2) is 4.14. The summed E-state index contributed by atoms with van der Waals surface area (Å²) in [5.41, 5.74) is 2.20. The Bertz CT molecular complexity index is 562. The summed E-state index contributed by atoms with van der Waals surface area (Å²) < 4.78 is 2.86. The van der Waals surface area contributed by atoms with Gasteiger partial charge in [-0.2, -0.15) is 0 Å². The number of H-pyrrole nitrogens is 1. The molecule has 2 aromatic heterocycles. The minimum absolute atomic E-state index is 0.253. The van der Waals surface area contributed by atoms with E-state index in [1.54, 1.807) is 11.3 Å². The van der Waals surface area contributed by atoms with Gasteiger partial charge in [-0.3, -0.25) is 0 Å². The molecule has 2 aromatic rings. The summed E-state index contributed by atoms with van der Waals surface area (Å²) in [6.45, 7) is 8.26. The molecule has 0 saturated heterocycles. The molecular weight excluding hydrogens is 238 g/mol. The van der Waals surface area contributed by atoms with Crippen LogP contribution in [0, 0.1) is 25.5 Å². The smallest absolute Gasteiger partial charge is 0.177 e. The highest BCUT2D eigenvalue weighted by Gasteiger charge is 2.15. The van der Waals surface area contributed by atoms with Crippen molar-refractivity contribution in [2.45, 2.75) is 33.7 Å². The largest absolute Gasteiger partial charge is 0.335 e. The highest BCUT2D eigenvalue weighted by molar-refractivity contribution is 7.71. The number of rotatable bonds is 2. The number of nitrogens with zero attached hydrogens (tertiary/aromatic N) is 2. The van der Waals surface area contributed by atoms with Gasteiger partial charge >= 0.3 is 0 Å². The molecule has 0 aromatic carbocycles. The first-order valence-electron chi connectivity index (χ1n) is 5.20. The molecule has 2 heterocycles. The molecule has 1 N–H and O–H groups in total. The van der Waals surface area contributed by atoms with E-state index in [4.69, 9.17) is 12.2 Å². The minimum atomic E-state index is 0.253. The van der Waals surface area contributed by atoms with Crippen LogP contribution in [-0.2, 0) is 0 Å². The Labute approximate surface area is 104 Å². The van der Waals surface area contributed by atoms with Crippen molar-refractivity contribution in [2.75, 3.05) is 0 Å². The molecule has 0 aliphatic heterocycles. The van der Waals surface area contributed by atoms with Crippen molar-refractivity contribution in [3.05, 3.63) is 32.2 Å². The lowest BCUT2D eigenvalue weighted by Gasteiger charge is -2.11. The van der Waals surface area contributed by atoms with Crippen molar-refractivity contribution in [1.82, 2.24) is 14.5 Å². The number of aromatic nitrogens is 3. The van der Waals surface area contributed by atoms with Crippen LogP contribution in [0.15, 0.2) is 6.20 Å². The molecular formula is C11H15N3S2. The summed E-state index contributed by atoms with van der Waals surface area (Å²) in [6, 6.07) is 0.253. The van der Waals surface area contributed by atoms with E-state index < -0.39 is 0 Å². The number of hydrogen-bond acceptors (Lipinski definition) is 3. The standard InChI is InChI=1S/C11H15N3S2/c1-6-5-14(11(15)12-6)8(3)10-7(2)13-9(4)16-10/h5,8H,1-4H3,(H,12,15). The molecule has 0 fully saturated rings. The molecule has 1 unspecified atom stereocenters. The van der Waals surface area contributed by atoms with Crippen LogP contribution in [0.5, 0.6) is 0 Å². The van der Waals surface area contributed by atoms with Gasteiger partial charge in [0.05, 0.1) is 21.6 Å². The molecule has 1 atom stereocenters. The lowest BCUT2D eigenvalue weighted by atomic mass is 10.2. The monoisotopic (exact) mass is 253 g/mol. The number of thiazole rings is 1. The number of imidazole rings is 1. The SMILES string of the molecule is Cc1cn(C(C)c2sc(C)nc2C)c(=S)[nH]1. The quantitative estimate of drug-likeness (QED) is 0.831. The van der Waals surface area contributed by atoms with Crippen molar-refractivity contribution in [3.8, 4) is 0 Å². The summed E-state index contributed by atoms with van der Waals surface area (Å²) in [5.74, 6) is 0. The second-order valence-corrected chi connectivity index (χ2v) is 5.63. The zero-order valence-electron chi connectivity index (χ0n) is 9.87. The van der Waals surface area contributed by atoms with Gasteiger partial charge < -0.3 is 9.55 Å². The summed E-state index contributed by atoms with van der Waals surface area (Å²) in [7, 11) is 0. The summed E-state index contributed by atoms with van der Waals surface area (Å²) in [4.78, 5) is 8.89. The second-order valence-electron chi connectivity index (χ2n) is 4.01. The summed E-state index contributed by atoms with van der Waals surface area (Å²) in [5, 5.41) is 1.11. The van der Waals surface area contributed by atoms with Crippen LogP contribution in [0.25, 0.3) is 0 Å². The molecule has 0 saturated carbocycles. The fourth-order valence-electron chi connectivity index (χ4n) is 1.88. The number of aromatic amines is 1. The maximum atomic E-state index is 5.29. The topological polar surface area (TPSA) is 33.6 Å². The van der Waals surface area contributed by atoms with E-state index in [1.165, 1.54) is 4.88 Å². The first-order valence-corrected chi connectivity index (χ1v) is 6.43. The fraction of sp³-hybridized carbons (Fsp3) is 0.455. The lowest BCUT2D eigenvalue weighted by molar-refractivity contribution is 0.635. The van der Waals surface area contributed by atoms with Gasteiger partial charge in [0.25, 0.3) is 0 Å². The van der Waals surface area contributed by atoms with Crippen LogP contribution < -0.4 is 0 Å². The molecule has 0 radical (unpaired) electrons. The Morgan fingerprint density at radius 3 is 2.56 bits per heavy atom. The maximum absolute atomic E-state index is 5.29. The molecule has 0 amide bonds. The average molecular weight is 253 g/mol. The van der Waals surface area contributed by atoms with Crippen LogP contribution >= 0.6 is 23.6 Å². The van der Waals surface area contributed by atoms with Gasteiger partial charge in [0, 0.05) is 11.9 Å². The van der Waals surface area contributed by atoms with Crippen molar-refractivity contribution in [3.63, 3.8) is 0 Å². The van der Waals surface area contributed by atoms with Crippen LogP contribution in [0.4, 0.5) is 0 Å². The van der Waals surface area contributed by atoms with Crippen molar-refractivity contribution < 1.29 is 0 Å². The fourth-order valence-corrected chi connectivity index (χ4v) is 3.23. The molecule has 86 valence electrons. The number of aryl methyl sites for hydroxylation is 3. The van der Waals surface area contributed by atoms with Gasteiger partial charge in [0.1, 0.15) is 0 Å². The molecule has 0 bridgehead atoms. The van der Waals surface area contributed by atoms with E-state index in [0.717, 1.165) is 21.2 Å². The minimum Gasteiger partial charge on any atom is -0.335 e. The van der Waals surface area contributed by atoms with Gasteiger partial charge in [-0.25, -0.2) is 4.98 Å². The predicted octanol–water partition coefficient (Wildman–Crippen LogP) is 3.54. The molecule has 3 nitrogen and oxygen atoms in total. The number of hydrogen-bond donors (Lipinski definition) is 1. The van der Waals surface area contributed by atoms with Crippen LogP contribution in [0.2, 0.25) is 0 Å². The Morgan fingerprint density at radius 2 is 2.12 bits per heavy atom. The third-order valence-corrected chi connectivity index (χ3v) is 4.16. The molecule has 0 aliphatic carbocycles. The van der Waals surface area contributed by atoms with Crippen LogP contribution in [-0.4, -0.2) is 14.5 Å². The zero-order valence-corrected chi connectivity index (χ0v) is 11.5. The Balaban J connectivity index is 2.46. The van der Waals surface area contributed by atoms with E-state index in [9.17, 15) is 0 Å². The highest BCUT2D eigenvalue weighted by atomic mass is 32.1. The molecule has 5 heteroatoms. The van der Waals surface area contributed by atoms with Crippen molar-refractivity contribution in [1.29, 1.82) is 0 Å². The summed E-state index contributed by atoms with van der Waals surface area (Å²) >= 11 is 7.03. The lowest BCUT2D eigenvalue weighted by Crippen LogP contribution is -2.05. The van der Waals surface area contributed by atoms with Gasteiger partial charge in [-0.1, -0.05) is 0 Å². The molecule has 2 rings (SSSR count). The Kier molecular flexibility index (Phi) is 2.99. The van der Waals surface area contributed by atoms with E-state index in [2.05, 4.69) is 34.6 Å². The van der Waals surface area contributed by atoms with Crippen molar-refractivity contribution in [2.24, 2.45) is 0 Å². The van der Waals surface area contributed by atoms with E-state index >= 15 is 0 Å². The van der Waals surface area contributed by atoms with Crippen LogP contribution in [0.1, 0.15) is 34.2 Å². The highest BCUT2D eigenvalue weighted by Crippen LogP contribution is 2.27. The first kappa shape index (κ1) is 11.5. The van der Waals surface area contributed by atoms with Gasteiger partial charge in [0.2, 0.25) is 0 Å². The molecule has 0 spiro atoms. The molecule has 0 aliphatic rings. The Hall–Kier alpha value is -0.940. The zero-order chi connectivity index (χ0) is 11.9. The normalized spacial score (nSPS) is 13.0. The maximum Gasteiger partial charge on any atom is 0.177 e. The number of nitrogens with one attached hydrogen (secondary N) is 1. The predicted molar refractivity (Wildman–Crippen MR) is 69.8 cm³/mol. The van der Waals surface area contributed by atoms with E-state index in [1.807, 2.05) is 13.8 Å². The van der Waals surface area contributed by atoms with Gasteiger partial charge in [-0.05, 0) is 39.9 Å². The average Bonchev–Trinajstić information content (AvgIpc) is 2.68. The van der Waals surface area contributed by atoms with Gasteiger partial charge in [0.15, 0.2) is 4.77 Å². The molecule has 16 heavy (non-hydrogen) atoms. The van der Waals surface area contributed by atoms with Crippen molar-refractivity contribution >= 4 is 23.6 Å². The van der Waals surface area contributed by atoms with E-state index in [0.29, 0.717) is 0 Å². The van der Waals surface area contributed by atoms with Crippen LogP contribution in [0.3, 0.4) is 0 Å². The van der Waals surface area contributed by atoms with E-state index in [-0.39, 0.29) is 6.04 Å². The summed E-state index contributed by atoms with van der Waals surface area (Å²) in [6.07, 6.45) is 2.06.